The van der Waals surface area contributed by atoms with Crippen molar-refractivity contribution in [3.05, 3.63) is 29.7 Å². The molecule has 1 aliphatic rings. The van der Waals surface area contributed by atoms with Crippen LogP contribution in [0.2, 0.25) is 0 Å². The molecule has 6 nitrogen and oxygen atoms in total. The maximum absolute atomic E-state index is 12.0. The molecule has 2 unspecified atom stereocenters. The number of nitrogens with one attached hydrogen (secondary N) is 1. The van der Waals surface area contributed by atoms with Crippen molar-refractivity contribution in [2.45, 2.75) is 26.3 Å². The van der Waals surface area contributed by atoms with E-state index in [2.05, 4.69) is 10.5 Å². The van der Waals surface area contributed by atoms with E-state index in [4.69, 9.17) is 9.63 Å². The van der Waals surface area contributed by atoms with Crippen LogP contribution in [0, 0.1) is 18.8 Å². The van der Waals surface area contributed by atoms with E-state index in [9.17, 15) is 9.59 Å². The SMILES string of the molecule is Cc1cc(CNC(=O)C2CC=CCC2C(=O)O)on1. The molecule has 0 bridgehead atoms. The van der Waals surface area contributed by atoms with Gasteiger partial charge in [0, 0.05) is 6.07 Å². The van der Waals surface area contributed by atoms with Crippen molar-refractivity contribution in [2.75, 3.05) is 0 Å². The molecule has 6 heteroatoms. The summed E-state index contributed by atoms with van der Waals surface area (Å²) in [7, 11) is 0. The maximum atomic E-state index is 12.0. The third-order valence-electron chi connectivity index (χ3n) is 3.20. The molecule has 0 aliphatic heterocycles. The number of carboxylic acid groups (broad SMARTS) is 1. The highest BCUT2D eigenvalue weighted by atomic mass is 16.5. The topological polar surface area (TPSA) is 92.4 Å². The number of carbonyl (C=O) groups excluding carboxylic acids is 1. The number of nitrogens with zero attached hydrogens (tertiary/aromatic N) is 1. The van der Waals surface area contributed by atoms with Crippen LogP contribution in [0.15, 0.2) is 22.7 Å². The minimum Gasteiger partial charge on any atom is -0.481 e. The second-order valence-corrected chi connectivity index (χ2v) is 4.65. The molecule has 0 saturated heterocycles. The largest absolute Gasteiger partial charge is 0.481 e. The standard InChI is InChI=1S/C13H16N2O4/c1-8-6-9(19-15-8)7-14-12(16)10-4-2-3-5-11(10)13(17)18/h2-3,6,10-11H,4-5,7H2,1H3,(H,14,16)(H,17,18). The van der Waals surface area contributed by atoms with Crippen molar-refractivity contribution in [1.29, 1.82) is 0 Å². The van der Waals surface area contributed by atoms with Gasteiger partial charge in [-0.05, 0) is 19.8 Å². The summed E-state index contributed by atoms with van der Waals surface area (Å²) in [4.78, 5) is 23.1. The van der Waals surface area contributed by atoms with Gasteiger partial charge in [-0.1, -0.05) is 17.3 Å². The summed E-state index contributed by atoms with van der Waals surface area (Å²) in [5.41, 5.74) is 0.744. The van der Waals surface area contributed by atoms with Gasteiger partial charge in [-0.3, -0.25) is 9.59 Å². The van der Waals surface area contributed by atoms with Crippen LogP contribution < -0.4 is 5.32 Å². The van der Waals surface area contributed by atoms with Crippen molar-refractivity contribution in [3.8, 4) is 0 Å². The zero-order chi connectivity index (χ0) is 13.8. The number of allylic oxidation sites excluding steroid dienone is 2. The molecule has 0 spiro atoms. The number of aromatic nitrogens is 1. The molecule has 0 radical (unpaired) electrons. The Balaban J connectivity index is 1.95. The van der Waals surface area contributed by atoms with E-state index in [1.165, 1.54) is 0 Å². The Hall–Kier alpha value is -2.11. The van der Waals surface area contributed by atoms with Gasteiger partial charge in [-0.15, -0.1) is 0 Å². The molecule has 1 amide bonds. The predicted octanol–water partition coefficient (Wildman–Crippen LogP) is 1.27. The molecule has 1 heterocycles. The monoisotopic (exact) mass is 264 g/mol. The van der Waals surface area contributed by atoms with Crippen LogP contribution in [0.25, 0.3) is 0 Å². The van der Waals surface area contributed by atoms with Gasteiger partial charge in [0.25, 0.3) is 0 Å². The summed E-state index contributed by atoms with van der Waals surface area (Å²) < 4.78 is 4.98. The fourth-order valence-electron chi connectivity index (χ4n) is 2.18. The molecule has 2 rings (SSSR count). The second-order valence-electron chi connectivity index (χ2n) is 4.65. The first-order valence-corrected chi connectivity index (χ1v) is 6.15. The van der Waals surface area contributed by atoms with E-state index in [-0.39, 0.29) is 12.5 Å². The summed E-state index contributed by atoms with van der Waals surface area (Å²) in [6, 6.07) is 1.73. The van der Waals surface area contributed by atoms with Gasteiger partial charge in [0.05, 0.1) is 24.1 Å². The van der Waals surface area contributed by atoms with Crippen molar-refractivity contribution >= 4 is 11.9 Å². The van der Waals surface area contributed by atoms with Gasteiger partial charge in [0.1, 0.15) is 0 Å². The Kier molecular flexibility index (Phi) is 3.99. The van der Waals surface area contributed by atoms with E-state index < -0.39 is 17.8 Å². The molecule has 0 fully saturated rings. The van der Waals surface area contributed by atoms with Crippen molar-refractivity contribution in [2.24, 2.45) is 11.8 Å². The van der Waals surface area contributed by atoms with Crippen molar-refractivity contribution in [1.82, 2.24) is 10.5 Å². The number of carboxylic acids is 1. The zero-order valence-corrected chi connectivity index (χ0v) is 10.6. The minimum absolute atomic E-state index is 0.228. The quantitative estimate of drug-likeness (QED) is 0.799. The minimum atomic E-state index is -0.931. The van der Waals surface area contributed by atoms with Gasteiger partial charge in [0.15, 0.2) is 5.76 Å². The van der Waals surface area contributed by atoms with E-state index >= 15 is 0 Å². The summed E-state index contributed by atoms with van der Waals surface area (Å²) in [5.74, 6) is -1.80. The average molecular weight is 264 g/mol. The fraction of sp³-hybridized carbons (Fsp3) is 0.462. The molecular weight excluding hydrogens is 248 g/mol. The molecule has 2 N–H and O–H groups in total. The number of hydrogen-bond donors (Lipinski definition) is 2. The maximum Gasteiger partial charge on any atom is 0.307 e. The third kappa shape index (κ3) is 3.21. The first-order chi connectivity index (χ1) is 9.08. The van der Waals surface area contributed by atoms with Gasteiger partial charge in [-0.2, -0.15) is 0 Å². The lowest BCUT2D eigenvalue weighted by Gasteiger charge is -2.23. The lowest BCUT2D eigenvalue weighted by Crippen LogP contribution is -2.38. The zero-order valence-electron chi connectivity index (χ0n) is 10.6. The lowest BCUT2D eigenvalue weighted by molar-refractivity contribution is -0.147. The van der Waals surface area contributed by atoms with Gasteiger partial charge >= 0.3 is 5.97 Å². The number of aryl methyl sites for hydroxylation is 1. The summed E-state index contributed by atoms with van der Waals surface area (Å²) >= 11 is 0. The molecule has 1 aliphatic carbocycles. The van der Waals surface area contributed by atoms with Crippen LogP contribution in [0.3, 0.4) is 0 Å². The first kappa shape index (κ1) is 13.3. The number of rotatable bonds is 4. The smallest absolute Gasteiger partial charge is 0.307 e. The lowest BCUT2D eigenvalue weighted by atomic mass is 9.82. The second kappa shape index (κ2) is 5.69. The molecule has 2 atom stereocenters. The van der Waals surface area contributed by atoms with E-state index in [1.807, 2.05) is 12.2 Å². The van der Waals surface area contributed by atoms with E-state index in [1.54, 1.807) is 13.0 Å². The van der Waals surface area contributed by atoms with Gasteiger partial charge in [-0.25, -0.2) is 0 Å². The Morgan fingerprint density at radius 3 is 2.68 bits per heavy atom. The molecular formula is C13H16N2O4. The van der Waals surface area contributed by atoms with Crippen LogP contribution in [0.5, 0.6) is 0 Å². The van der Waals surface area contributed by atoms with E-state index in [0.717, 1.165) is 5.69 Å². The van der Waals surface area contributed by atoms with Crippen LogP contribution in [0.1, 0.15) is 24.3 Å². The van der Waals surface area contributed by atoms with Crippen LogP contribution in [-0.2, 0) is 16.1 Å². The highest BCUT2D eigenvalue weighted by Gasteiger charge is 2.33. The summed E-state index contributed by atoms with van der Waals surface area (Å²) in [6.07, 6.45) is 4.51. The molecule has 19 heavy (non-hydrogen) atoms. The number of hydrogen-bond acceptors (Lipinski definition) is 4. The highest BCUT2D eigenvalue weighted by Crippen LogP contribution is 2.26. The summed E-state index contributed by atoms with van der Waals surface area (Å²) in [6.45, 7) is 2.02. The number of aliphatic carboxylic acids is 1. The van der Waals surface area contributed by atoms with Crippen molar-refractivity contribution in [3.63, 3.8) is 0 Å². The molecule has 0 aromatic carbocycles. The Morgan fingerprint density at radius 1 is 1.42 bits per heavy atom. The van der Waals surface area contributed by atoms with E-state index in [0.29, 0.717) is 18.6 Å². The molecule has 1 aromatic heterocycles. The predicted molar refractivity (Wildman–Crippen MR) is 66.1 cm³/mol. The van der Waals surface area contributed by atoms with Gasteiger partial charge in [0.2, 0.25) is 5.91 Å². The highest BCUT2D eigenvalue weighted by molar-refractivity contribution is 5.85. The Morgan fingerprint density at radius 2 is 2.11 bits per heavy atom. The van der Waals surface area contributed by atoms with Crippen LogP contribution >= 0.6 is 0 Å². The molecule has 1 aromatic rings. The molecule has 102 valence electrons. The fourth-order valence-corrected chi connectivity index (χ4v) is 2.18. The first-order valence-electron chi connectivity index (χ1n) is 6.15. The Labute approximate surface area is 110 Å². The van der Waals surface area contributed by atoms with Crippen LogP contribution in [0.4, 0.5) is 0 Å². The van der Waals surface area contributed by atoms with Crippen LogP contribution in [-0.4, -0.2) is 22.1 Å². The number of carbonyl (C=O) groups is 2. The van der Waals surface area contributed by atoms with Gasteiger partial charge < -0.3 is 14.9 Å². The number of amides is 1. The Bertz CT molecular complexity index is 506. The summed E-state index contributed by atoms with van der Waals surface area (Å²) in [5, 5.41) is 15.5. The van der Waals surface area contributed by atoms with Crippen molar-refractivity contribution < 1.29 is 19.2 Å². The normalized spacial score (nSPS) is 22.2. The average Bonchev–Trinajstić information content (AvgIpc) is 2.81. The molecule has 0 saturated carbocycles. The third-order valence-corrected chi connectivity index (χ3v) is 3.20.